The van der Waals surface area contributed by atoms with E-state index in [1.807, 2.05) is 25.2 Å². The number of benzene rings is 2. The monoisotopic (exact) mass is 646 g/mol. The van der Waals surface area contributed by atoms with Gasteiger partial charge in [-0.15, -0.1) is 12.6 Å². The summed E-state index contributed by atoms with van der Waals surface area (Å²) in [5.41, 5.74) is 7.69. The molecule has 232 valence electrons. The number of anilines is 1. The van der Waals surface area contributed by atoms with Gasteiger partial charge >= 0.3 is 12.6 Å². The first-order chi connectivity index (χ1) is 20.0. The van der Waals surface area contributed by atoms with Gasteiger partial charge in [-0.05, 0) is 63.5 Å². The number of hydrogen-bond donors (Lipinski definition) is 5. The Bertz CT molecular complexity index is 1280. The van der Waals surface area contributed by atoms with Crippen molar-refractivity contribution in [3.8, 4) is 17.0 Å². The van der Waals surface area contributed by atoms with Gasteiger partial charge in [0.2, 0.25) is 0 Å². The maximum Gasteiger partial charge on any atom is 0.387 e. The van der Waals surface area contributed by atoms with Gasteiger partial charge in [0.15, 0.2) is 5.75 Å². The zero-order chi connectivity index (χ0) is 31.4. The highest BCUT2D eigenvalue weighted by Gasteiger charge is 2.33. The summed E-state index contributed by atoms with van der Waals surface area (Å²) in [6.45, 7) is 5.20. The van der Waals surface area contributed by atoms with Crippen molar-refractivity contribution in [2.24, 2.45) is 0 Å². The van der Waals surface area contributed by atoms with Gasteiger partial charge in [-0.2, -0.15) is 8.78 Å². The van der Waals surface area contributed by atoms with E-state index in [1.165, 1.54) is 12.8 Å². The van der Waals surface area contributed by atoms with Crippen LogP contribution in [0.4, 0.5) is 14.5 Å². The molecule has 4 rings (SSSR count). The summed E-state index contributed by atoms with van der Waals surface area (Å²) in [6.07, 6.45) is 4.54. The number of nitrogens with zero attached hydrogens (tertiary/aromatic N) is 1. The number of nitrogens with one attached hydrogen (secondary N) is 2. The lowest BCUT2D eigenvalue weighted by Gasteiger charge is -2.15. The second kappa shape index (κ2) is 17.5. The maximum absolute atomic E-state index is 11.9. The molecule has 1 aliphatic rings. The van der Waals surface area contributed by atoms with E-state index in [0.717, 1.165) is 60.6 Å². The van der Waals surface area contributed by atoms with Crippen LogP contribution in [0.25, 0.3) is 11.3 Å². The summed E-state index contributed by atoms with van der Waals surface area (Å²) in [6, 6.07) is 8.09. The Balaban J connectivity index is 0.000000280. The van der Waals surface area contributed by atoms with Crippen LogP contribution in [-0.4, -0.2) is 42.5 Å². The molecule has 0 atom stereocenters. The van der Waals surface area contributed by atoms with Gasteiger partial charge in [-0.1, -0.05) is 55.2 Å². The first-order valence-corrected chi connectivity index (χ1v) is 14.8. The molecular weight excluding hydrogens is 609 g/mol. The quantitative estimate of drug-likeness (QED) is 0.105. The summed E-state index contributed by atoms with van der Waals surface area (Å²) in [5.74, 6) is -0.176. The molecule has 1 saturated carbocycles. The molecule has 8 nitrogen and oxygen atoms in total. The first kappa shape index (κ1) is 35.6. The van der Waals surface area contributed by atoms with Crippen LogP contribution in [-0.2, 0) is 6.54 Å². The Morgan fingerprint density at radius 2 is 1.81 bits per heavy atom. The number of thiol groups is 1. The molecule has 0 unspecified atom stereocenters. The van der Waals surface area contributed by atoms with Gasteiger partial charge in [0.25, 0.3) is 0 Å². The number of nitrogen functional groups attached to an aromatic ring is 1. The van der Waals surface area contributed by atoms with Crippen LogP contribution in [0, 0.1) is 0 Å². The molecule has 2 aromatic carbocycles. The smallest absolute Gasteiger partial charge is 0.387 e. The number of carboxylic acids is 1. The van der Waals surface area contributed by atoms with E-state index in [1.54, 1.807) is 0 Å². The van der Waals surface area contributed by atoms with Crippen LogP contribution in [0.1, 0.15) is 74.1 Å². The minimum absolute atomic E-state index is 0.0746. The molecule has 1 aromatic heterocycles. The van der Waals surface area contributed by atoms with Crippen LogP contribution in [0.5, 0.6) is 5.75 Å². The van der Waals surface area contributed by atoms with Gasteiger partial charge in [-0.3, -0.25) is 0 Å². The van der Waals surface area contributed by atoms with Crippen LogP contribution in [0.2, 0.25) is 10.0 Å². The fourth-order valence-electron chi connectivity index (χ4n) is 3.83. The molecule has 0 spiro atoms. The fourth-order valence-corrected chi connectivity index (χ4v) is 4.66. The van der Waals surface area contributed by atoms with E-state index in [-0.39, 0.29) is 16.1 Å². The number of hydrogen-bond acceptors (Lipinski definition) is 8. The van der Waals surface area contributed by atoms with E-state index in [2.05, 4.69) is 53.9 Å². The van der Waals surface area contributed by atoms with E-state index in [4.69, 9.17) is 38.6 Å². The highest BCUT2D eigenvalue weighted by atomic mass is 35.5. The third kappa shape index (κ3) is 10.3. The zero-order valence-electron chi connectivity index (χ0n) is 24.0. The summed E-state index contributed by atoms with van der Waals surface area (Å²) in [7, 11) is 1.93. The Kier molecular flexibility index (Phi) is 14.9. The van der Waals surface area contributed by atoms with E-state index < -0.39 is 18.3 Å². The lowest BCUT2D eigenvalue weighted by Crippen LogP contribution is -2.27. The van der Waals surface area contributed by atoms with Crippen LogP contribution in [0.15, 0.2) is 39.8 Å². The van der Waals surface area contributed by atoms with Crippen molar-refractivity contribution in [3.05, 3.63) is 57.3 Å². The minimum Gasteiger partial charge on any atom is -0.478 e. The molecule has 0 bridgehead atoms. The lowest BCUT2D eigenvalue weighted by atomic mass is 10.0. The topological polar surface area (TPSA) is 123 Å². The number of ether oxygens (including phenoxy) is 1. The standard InChI is InChI=1S/C18H22Cl2N2O.C8H7F2NO3S.C3H9N/c1-3-12(4-2)21-10-13-17(22-23-18(13)11-8-9-11)16-14(19)6-5-7-15(16)20;9-8(10)14-4-1-3(7(12)13)2-5(15)6(4)11;1-3-4-2/h5-7,11-12,21H,3-4,8-10H2,1-2H3;1-2,8,15H,11H2,(H,12,13);4H,3H2,1-2H3. The van der Waals surface area contributed by atoms with Gasteiger partial charge < -0.3 is 30.7 Å². The number of aromatic nitrogens is 1. The highest BCUT2D eigenvalue weighted by molar-refractivity contribution is 7.80. The van der Waals surface area contributed by atoms with Crippen molar-refractivity contribution >= 4 is 47.5 Å². The predicted octanol–water partition coefficient (Wildman–Crippen LogP) is 7.89. The van der Waals surface area contributed by atoms with Crippen molar-refractivity contribution < 1.29 is 27.9 Å². The largest absolute Gasteiger partial charge is 0.478 e. The van der Waals surface area contributed by atoms with Crippen molar-refractivity contribution in [2.45, 2.75) is 76.5 Å². The van der Waals surface area contributed by atoms with Gasteiger partial charge in [-0.25, -0.2) is 4.79 Å². The Morgan fingerprint density at radius 1 is 1.21 bits per heavy atom. The molecule has 5 N–H and O–H groups in total. The highest BCUT2D eigenvalue weighted by Crippen LogP contribution is 2.45. The Morgan fingerprint density at radius 3 is 2.29 bits per heavy atom. The van der Waals surface area contributed by atoms with Crippen molar-refractivity contribution in [3.63, 3.8) is 0 Å². The maximum atomic E-state index is 11.9. The molecule has 0 radical (unpaired) electrons. The number of aromatic carboxylic acids is 1. The second-order valence-corrected chi connectivity index (χ2v) is 10.7. The number of rotatable bonds is 11. The third-order valence-corrected chi connectivity index (χ3v) is 7.46. The Hall–Kier alpha value is -2.57. The Labute approximate surface area is 260 Å². The lowest BCUT2D eigenvalue weighted by molar-refractivity contribution is -0.0495. The zero-order valence-corrected chi connectivity index (χ0v) is 26.4. The van der Waals surface area contributed by atoms with Crippen molar-refractivity contribution in [2.75, 3.05) is 19.3 Å². The predicted molar refractivity (Wildman–Crippen MR) is 166 cm³/mol. The average Bonchev–Trinajstić information content (AvgIpc) is 3.72. The number of carboxylic acid groups (broad SMARTS) is 1. The normalized spacial score (nSPS) is 12.5. The number of alkyl halides is 2. The average molecular weight is 648 g/mol. The van der Waals surface area contributed by atoms with Gasteiger partial charge in [0, 0.05) is 34.5 Å². The summed E-state index contributed by atoms with van der Waals surface area (Å²) >= 11 is 16.6. The van der Waals surface area contributed by atoms with Gasteiger partial charge in [0.05, 0.1) is 21.3 Å². The molecule has 0 amide bonds. The van der Waals surface area contributed by atoms with Gasteiger partial charge in [0.1, 0.15) is 11.5 Å². The number of carbonyl (C=O) groups is 1. The fraction of sp³-hybridized carbons (Fsp3) is 0.448. The van der Waals surface area contributed by atoms with E-state index >= 15 is 0 Å². The molecule has 1 fully saturated rings. The van der Waals surface area contributed by atoms with Crippen molar-refractivity contribution in [1.82, 2.24) is 15.8 Å². The SMILES string of the molecule is CCC(CC)NCc1c(-c2c(Cl)cccc2Cl)noc1C1CC1.CCNC.Nc1c(S)cc(C(=O)O)cc1OC(F)F. The van der Waals surface area contributed by atoms with E-state index in [0.29, 0.717) is 22.0 Å². The molecule has 13 heteroatoms. The van der Waals surface area contributed by atoms with Crippen molar-refractivity contribution in [1.29, 1.82) is 0 Å². The molecule has 0 saturated heterocycles. The number of nitrogens with two attached hydrogens (primary N) is 1. The summed E-state index contributed by atoms with van der Waals surface area (Å²) in [5, 5.41) is 20.7. The van der Waals surface area contributed by atoms with Crippen LogP contribution in [0.3, 0.4) is 0 Å². The molecule has 1 aliphatic carbocycles. The van der Waals surface area contributed by atoms with E-state index in [9.17, 15) is 13.6 Å². The minimum atomic E-state index is -3.07. The van der Waals surface area contributed by atoms with Crippen LogP contribution < -0.4 is 21.1 Å². The third-order valence-electron chi connectivity index (χ3n) is 6.46. The number of halogens is 4. The first-order valence-electron chi connectivity index (χ1n) is 13.6. The summed E-state index contributed by atoms with van der Waals surface area (Å²) < 4.78 is 33.6. The second-order valence-electron chi connectivity index (χ2n) is 9.44. The van der Waals surface area contributed by atoms with Crippen LogP contribution >= 0.6 is 35.8 Å². The molecule has 3 aromatic rings. The molecular formula is C29H38Cl2F2N4O4S. The molecule has 42 heavy (non-hydrogen) atoms. The molecule has 0 aliphatic heterocycles. The molecule has 1 heterocycles. The summed E-state index contributed by atoms with van der Waals surface area (Å²) in [4.78, 5) is 10.7.